The molecule has 1 fully saturated rings. The van der Waals surface area contributed by atoms with Gasteiger partial charge in [-0.1, -0.05) is 18.2 Å². The molecule has 1 aromatic carbocycles. The summed E-state index contributed by atoms with van der Waals surface area (Å²) in [6.07, 6.45) is 0.239. The number of hydrogen-bond acceptors (Lipinski definition) is 5. The third-order valence-electron chi connectivity index (χ3n) is 3.35. The van der Waals surface area contributed by atoms with Gasteiger partial charge in [0.2, 0.25) is 0 Å². The van der Waals surface area contributed by atoms with E-state index in [1.165, 1.54) is 0 Å². The molecule has 3 atom stereocenters. The van der Waals surface area contributed by atoms with Crippen molar-refractivity contribution in [1.29, 1.82) is 0 Å². The zero-order chi connectivity index (χ0) is 14.6. The van der Waals surface area contributed by atoms with Gasteiger partial charge in [-0.15, -0.1) is 0 Å². The predicted octanol–water partition coefficient (Wildman–Crippen LogP) is 1.55. The van der Waals surface area contributed by atoms with Gasteiger partial charge < -0.3 is 14.4 Å². The number of aliphatic hydroxyl groups is 1. The van der Waals surface area contributed by atoms with Crippen LogP contribution in [0, 0.1) is 5.92 Å². The molecule has 0 spiro atoms. The first kappa shape index (κ1) is 15.4. The van der Waals surface area contributed by atoms with Crippen LogP contribution in [0.2, 0.25) is 0 Å². The number of Topliss-reactive ketones (excluding diaryl/α,β-unsaturated/α-hetero) is 1. The smallest absolute Gasteiger partial charge is 0.260 e. The minimum absolute atomic E-state index is 0.0872. The molecule has 0 saturated carbocycles. The summed E-state index contributed by atoms with van der Waals surface area (Å²) in [5, 5.41) is 10.9. The first-order valence-electron chi connectivity index (χ1n) is 6.68. The van der Waals surface area contributed by atoms with Crippen LogP contribution < -0.4 is 5.30 Å². The van der Waals surface area contributed by atoms with Gasteiger partial charge in [0.05, 0.1) is 25.7 Å². The summed E-state index contributed by atoms with van der Waals surface area (Å²) < 4.78 is 23.7. The van der Waals surface area contributed by atoms with E-state index in [1.54, 1.807) is 37.3 Å². The number of carbonyl (C=O) groups excluding carboxylic acids is 1. The van der Waals surface area contributed by atoms with Gasteiger partial charge in [-0.25, -0.2) is 0 Å². The van der Waals surface area contributed by atoms with Crippen molar-refractivity contribution in [3.05, 3.63) is 30.3 Å². The molecule has 0 aliphatic carbocycles. The number of carbonyl (C=O) groups is 1. The monoisotopic (exact) mass is 298 g/mol. The van der Waals surface area contributed by atoms with Crippen LogP contribution in [0.5, 0.6) is 0 Å². The molecule has 1 heterocycles. The maximum Gasteiger partial charge on any atom is 0.260 e. The lowest BCUT2D eigenvalue weighted by Crippen LogP contribution is -2.38. The summed E-state index contributed by atoms with van der Waals surface area (Å²) in [4.78, 5) is 11.9. The van der Waals surface area contributed by atoms with Gasteiger partial charge in [0, 0.05) is 11.7 Å². The highest BCUT2D eigenvalue weighted by Gasteiger charge is 2.43. The third-order valence-corrected chi connectivity index (χ3v) is 6.07. The molecule has 2 rings (SSSR count). The Morgan fingerprint density at radius 3 is 2.75 bits per heavy atom. The fourth-order valence-electron chi connectivity index (χ4n) is 2.28. The van der Waals surface area contributed by atoms with Crippen molar-refractivity contribution < 1.29 is 23.7 Å². The van der Waals surface area contributed by atoms with Crippen LogP contribution in [0.1, 0.15) is 13.3 Å². The summed E-state index contributed by atoms with van der Waals surface area (Å²) in [6, 6.07) is 8.54. The fraction of sp³-hybridized carbons (Fsp3) is 0.500. The van der Waals surface area contributed by atoms with Gasteiger partial charge in [0.25, 0.3) is 7.37 Å². The number of ketones is 1. The second kappa shape index (κ2) is 6.64. The van der Waals surface area contributed by atoms with Crippen molar-refractivity contribution in [3.63, 3.8) is 0 Å². The Balaban J connectivity index is 2.32. The molecule has 0 aromatic heterocycles. The van der Waals surface area contributed by atoms with Crippen LogP contribution in [0.4, 0.5) is 0 Å². The Hall–Kier alpha value is -1.00. The Morgan fingerprint density at radius 1 is 1.45 bits per heavy atom. The van der Waals surface area contributed by atoms with E-state index in [0.29, 0.717) is 11.9 Å². The Bertz CT molecular complexity index is 502. The van der Waals surface area contributed by atoms with Gasteiger partial charge in [-0.2, -0.15) is 0 Å². The molecule has 1 N–H and O–H groups in total. The van der Waals surface area contributed by atoms with Gasteiger partial charge in [0.15, 0.2) is 0 Å². The molecule has 1 aromatic rings. The van der Waals surface area contributed by atoms with Gasteiger partial charge in [-0.05, 0) is 19.1 Å². The standard InChI is InChI=1S/C14H19O5P/c1-2-19-20(17,11-6-4-3-5-7-11)14(16)12-10-18-9-8-13(12)15/h3-7,12,14,16H,2,8-10H2,1H3/t12-,14+,20+/m1/s1. The molecule has 0 amide bonds. The first-order valence-corrected chi connectivity index (χ1v) is 8.37. The van der Waals surface area contributed by atoms with E-state index in [0.717, 1.165) is 0 Å². The van der Waals surface area contributed by atoms with Crippen molar-refractivity contribution in [2.45, 2.75) is 19.2 Å². The largest absolute Gasteiger partial charge is 0.382 e. The quantitative estimate of drug-likeness (QED) is 0.835. The molecule has 1 saturated heterocycles. The summed E-state index contributed by atoms with van der Waals surface area (Å²) >= 11 is 0. The van der Waals surface area contributed by atoms with E-state index in [-0.39, 0.29) is 25.4 Å². The lowest BCUT2D eigenvalue weighted by Gasteiger charge is -2.31. The Kier molecular flexibility index (Phi) is 5.11. The number of hydrogen-bond donors (Lipinski definition) is 1. The molecule has 5 nitrogen and oxygen atoms in total. The van der Waals surface area contributed by atoms with E-state index < -0.39 is 19.1 Å². The van der Waals surface area contributed by atoms with E-state index in [1.807, 2.05) is 0 Å². The Labute approximate surface area is 118 Å². The number of aliphatic hydroxyl groups excluding tert-OH is 1. The molecule has 1 aliphatic rings. The first-order chi connectivity index (χ1) is 9.59. The average molecular weight is 298 g/mol. The van der Waals surface area contributed by atoms with Crippen LogP contribution in [0.15, 0.2) is 30.3 Å². The molecule has 0 radical (unpaired) electrons. The summed E-state index contributed by atoms with van der Waals surface area (Å²) in [5.74, 6) is -2.28. The molecular weight excluding hydrogens is 279 g/mol. The number of ether oxygens (including phenoxy) is 1. The maximum atomic E-state index is 13.1. The predicted molar refractivity (Wildman–Crippen MR) is 75.2 cm³/mol. The van der Waals surface area contributed by atoms with Gasteiger partial charge in [0.1, 0.15) is 11.6 Å². The van der Waals surface area contributed by atoms with Crippen LogP contribution in [-0.2, 0) is 18.6 Å². The van der Waals surface area contributed by atoms with E-state index >= 15 is 0 Å². The van der Waals surface area contributed by atoms with Crippen LogP contribution in [-0.4, -0.2) is 36.6 Å². The van der Waals surface area contributed by atoms with Crippen LogP contribution in [0.25, 0.3) is 0 Å². The van der Waals surface area contributed by atoms with Crippen LogP contribution >= 0.6 is 7.37 Å². The van der Waals surface area contributed by atoms with E-state index in [4.69, 9.17) is 9.26 Å². The van der Waals surface area contributed by atoms with Crippen molar-refractivity contribution in [3.8, 4) is 0 Å². The van der Waals surface area contributed by atoms with Crippen LogP contribution in [0.3, 0.4) is 0 Å². The highest BCUT2D eigenvalue weighted by Crippen LogP contribution is 2.52. The molecule has 6 heteroatoms. The second-order valence-corrected chi connectivity index (χ2v) is 7.16. The SMILES string of the molecule is CCO[P@@](=O)(c1ccccc1)[C@H](O)[C@@H]1COCCC1=O. The zero-order valence-corrected chi connectivity index (χ0v) is 12.3. The lowest BCUT2D eigenvalue weighted by molar-refractivity contribution is -0.133. The highest BCUT2D eigenvalue weighted by atomic mass is 31.2. The average Bonchev–Trinajstić information content (AvgIpc) is 2.48. The van der Waals surface area contributed by atoms with Gasteiger partial charge in [-0.3, -0.25) is 9.36 Å². The minimum Gasteiger partial charge on any atom is -0.382 e. The number of benzene rings is 1. The number of rotatable bonds is 5. The molecule has 20 heavy (non-hydrogen) atoms. The molecule has 110 valence electrons. The van der Waals surface area contributed by atoms with Crippen molar-refractivity contribution in [2.24, 2.45) is 5.92 Å². The zero-order valence-electron chi connectivity index (χ0n) is 11.4. The highest BCUT2D eigenvalue weighted by molar-refractivity contribution is 7.67. The van der Waals surface area contributed by atoms with Gasteiger partial charge >= 0.3 is 0 Å². The summed E-state index contributed by atoms with van der Waals surface area (Å²) in [6.45, 7) is 2.35. The topological polar surface area (TPSA) is 72.8 Å². The molecule has 0 bridgehead atoms. The maximum absolute atomic E-state index is 13.1. The van der Waals surface area contributed by atoms with Crippen molar-refractivity contribution in [1.82, 2.24) is 0 Å². The summed E-state index contributed by atoms with van der Waals surface area (Å²) in [5.41, 5.74) is 0. The van der Waals surface area contributed by atoms with E-state index in [2.05, 4.69) is 0 Å². The Morgan fingerprint density at radius 2 is 2.15 bits per heavy atom. The minimum atomic E-state index is -3.51. The van der Waals surface area contributed by atoms with Crippen molar-refractivity contribution in [2.75, 3.05) is 19.8 Å². The van der Waals surface area contributed by atoms with Crippen molar-refractivity contribution >= 4 is 18.5 Å². The molecule has 1 aliphatic heterocycles. The fourth-order valence-corrected chi connectivity index (χ4v) is 4.59. The van der Waals surface area contributed by atoms with E-state index in [9.17, 15) is 14.5 Å². The lowest BCUT2D eigenvalue weighted by atomic mass is 10.0. The molecule has 0 unspecified atom stereocenters. The summed E-state index contributed by atoms with van der Waals surface area (Å²) in [7, 11) is -3.51. The third kappa shape index (κ3) is 3.01. The molecular formula is C14H19O5P. The normalized spacial score (nSPS) is 24.1. The second-order valence-electron chi connectivity index (χ2n) is 4.66.